The van der Waals surface area contributed by atoms with E-state index in [0.717, 1.165) is 0 Å². The minimum absolute atomic E-state index is 0.0223. The Morgan fingerprint density at radius 2 is 2.31 bits per heavy atom. The second kappa shape index (κ2) is 5.89. The average Bonchev–Trinajstić information content (AvgIpc) is 2.26. The Morgan fingerprint density at radius 3 is 2.94 bits per heavy atom. The molecule has 0 aliphatic heterocycles. The zero-order valence-electron chi connectivity index (χ0n) is 9.36. The van der Waals surface area contributed by atoms with E-state index in [1.54, 1.807) is 24.3 Å². The van der Waals surface area contributed by atoms with Crippen molar-refractivity contribution in [1.82, 2.24) is 0 Å². The second-order valence-corrected chi connectivity index (χ2v) is 3.60. The van der Waals surface area contributed by atoms with Gasteiger partial charge in [-0.15, -0.1) is 0 Å². The Labute approximate surface area is 94.8 Å². The lowest BCUT2D eigenvalue weighted by Gasteiger charge is -2.08. The first-order chi connectivity index (χ1) is 7.61. The molecule has 0 unspecified atom stereocenters. The molecule has 16 heavy (non-hydrogen) atoms. The van der Waals surface area contributed by atoms with Crippen molar-refractivity contribution in [1.29, 1.82) is 5.26 Å². The molecule has 0 heterocycles. The third kappa shape index (κ3) is 4.11. The van der Waals surface area contributed by atoms with Crippen LogP contribution >= 0.6 is 0 Å². The predicted molar refractivity (Wildman–Crippen MR) is 60.9 cm³/mol. The molecule has 0 fully saturated rings. The third-order valence-electron chi connectivity index (χ3n) is 1.82. The highest BCUT2D eigenvalue weighted by Crippen LogP contribution is 2.09. The van der Waals surface area contributed by atoms with Gasteiger partial charge in [0.15, 0.2) is 0 Å². The summed E-state index contributed by atoms with van der Waals surface area (Å²) in [5.41, 5.74) is 1.12. The van der Waals surface area contributed by atoms with Crippen LogP contribution < -0.4 is 5.32 Å². The zero-order chi connectivity index (χ0) is 12.0. The van der Waals surface area contributed by atoms with Crippen LogP contribution in [0.2, 0.25) is 0 Å². The summed E-state index contributed by atoms with van der Waals surface area (Å²) in [5, 5.41) is 11.3. The average molecular weight is 218 g/mol. The quantitative estimate of drug-likeness (QED) is 0.839. The molecule has 4 nitrogen and oxygen atoms in total. The Morgan fingerprint density at radius 1 is 1.56 bits per heavy atom. The number of amides is 1. The van der Waals surface area contributed by atoms with Gasteiger partial charge in [0.2, 0.25) is 5.91 Å². The number of hydrogen-bond donors (Lipinski definition) is 1. The van der Waals surface area contributed by atoms with Gasteiger partial charge in [-0.2, -0.15) is 5.26 Å². The molecule has 1 aromatic carbocycles. The van der Waals surface area contributed by atoms with Crippen molar-refractivity contribution in [2.45, 2.75) is 20.0 Å². The minimum Gasteiger partial charge on any atom is -0.369 e. The fourth-order valence-electron chi connectivity index (χ4n) is 1.11. The maximum atomic E-state index is 11.4. The molecular formula is C12H14N2O2. The van der Waals surface area contributed by atoms with E-state index in [0.29, 0.717) is 11.3 Å². The molecule has 1 amide bonds. The lowest BCUT2D eigenvalue weighted by Crippen LogP contribution is -2.20. The molecule has 1 aromatic rings. The molecule has 0 aromatic heterocycles. The number of carbonyl (C=O) groups is 1. The Bertz CT molecular complexity index is 408. The van der Waals surface area contributed by atoms with Gasteiger partial charge in [-0.25, -0.2) is 0 Å². The smallest absolute Gasteiger partial charge is 0.250 e. The zero-order valence-corrected chi connectivity index (χ0v) is 9.36. The predicted octanol–water partition coefficient (Wildman–Crippen LogP) is 1.92. The summed E-state index contributed by atoms with van der Waals surface area (Å²) >= 11 is 0. The molecule has 4 heteroatoms. The first kappa shape index (κ1) is 12.2. The molecule has 1 N–H and O–H groups in total. The van der Waals surface area contributed by atoms with Crippen LogP contribution in [0.1, 0.15) is 19.4 Å². The van der Waals surface area contributed by atoms with Crippen molar-refractivity contribution in [3.8, 4) is 6.07 Å². The van der Waals surface area contributed by atoms with Crippen LogP contribution in [0.3, 0.4) is 0 Å². The highest BCUT2D eigenvalue weighted by Gasteiger charge is 2.04. The largest absolute Gasteiger partial charge is 0.369 e. The Balaban J connectivity index is 2.53. The van der Waals surface area contributed by atoms with E-state index in [1.807, 2.05) is 19.9 Å². The van der Waals surface area contributed by atoms with Crippen molar-refractivity contribution >= 4 is 11.6 Å². The summed E-state index contributed by atoms with van der Waals surface area (Å²) in [6, 6.07) is 8.76. The lowest BCUT2D eigenvalue weighted by molar-refractivity contribution is -0.121. The van der Waals surface area contributed by atoms with Crippen LogP contribution in [-0.4, -0.2) is 18.6 Å². The maximum absolute atomic E-state index is 11.4. The van der Waals surface area contributed by atoms with Crippen LogP contribution in [0.4, 0.5) is 5.69 Å². The van der Waals surface area contributed by atoms with E-state index in [1.165, 1.54) is 0 Å². The van der Waals surface area contributed by atoms with Gasteiger partial charge in [0.1, 0.15) is 6.61 Å². The van der Waals surface area contributed by atoms with Crippen LogP contribution in [0.5, 0.6) is 0 Å². The number of rotatable bonds is 4. The summed E-state index contributed by atoms with van der Waals surface area (Å²) < 4.78 is 5.16. The van der Waals surface area contributed by atoms with E-state index in [-0.39, 0.29) is 18.6 Å². The van der Waals surface area contributed by atoms with Gasteiger partial charge in [0.05, 0.1) is 17.7 Å². The number of nitriles is 1. The minimum atomic E-state index is -0.219. The summed E-state index contributed by atoms with van der Waals surface area (Å²) in [7, 11) is 0. The number of ether oxygens (including phenoxy) is 1. The molecule has 0 saturated heterocycles. The SMILES string of the molecule is CC(C)OCC(=O)Nc1cccc(C#N)c1. The monoisotopic (exact) mass is 218 g/mol. The third-order valence-corrected chi connectivity index (χ3v) is 1.82. The standard InChI is InChI=1S/C12H14N2O2/c1-9(2)16-8-12(15)14-11-5-3-4-10(6-11)7-13/h3-6,9H,8H2,1-2H3,(H,14,15). The van der Waals surface area contributed by atoms with Crippen molar-refractivity contribution in [3.63, 3.8) is 0 Å². The molecule has 0 bridgehead atoms. The topological polar surface area (TPSA) is 62.1 Å². The number of anilines is 1. The molecule has 0 saturated carbocycles. The highest BCUT2D eigenvalue weighted by atomic mass is 16.5. The molecule has 1 rings (SSSR count). The van der Waals surface area contributed by atoms with Crippen LogP contribution in [0, 0.1) is 11.3 Å². The van der Waals surface area contributed by atoms with Crippen LogP contribution in [0.15, 0.2) is 24.3 Å². The number of benzene rings is 1. The summed E-state index contributed by atoms with van der Waals surface area (Å²) in [5.74, 6) is -0.219. The van der Waals surface area contributed by atoms with E-state index in [4.69, 9.17) is 10.00 Å². The molecule has 0 atom stereocenters. The van der Waals surface area contributed by atoms with Gasteiger partial charge in [-0.1, -0.05) is 6.07 Å². The van der Waals surface area contributed by atoms with Crippen LogP contribution in [-0.2, 0) is 9.53 Å². The number of nitrogens with one attached hydrogen (secondary N) is 1. The molecule has 0 spiro atoms. The van der Waals surface area contributed by atoms with Gasteiger partial charge in [0, 0.05) is 5.69 Å². The summed E-state index contributed by atoms with van der Waals surface area (Å²) in [6.07, 6.45) is 0.0243. The Kier molecular flexibility index (Phi) is 4.49. The van der Waals surface area contributed by atoms with Gasteiger partial charge >= 0.3 is 0 Å². The van der Waals surface area contributed by atoms with Crippen molar-refractivity contribution in [2.24, 2.45) is 0 Å². The molecule has 0 aliphatic carbocycles. The fraction of sp³-hybridized carbons (Fsp3) is 0.333. The van der Waals surface area contributed by atoms with Crippen molar-refractivity contribution in [3.05, 3.63) is 29.8 Å². The summed E-state index contributed by atoms with van der Waals surface area (Å²) in [4.78, 5) is 11.4. The molecule has 84 valence electrons. The Hall–Kier alpha value is -1.86. The normalized spacial score (nSPS) is 9.88. The number of carbonyl (C=O) groups excluding carboxylic acids is 1. The van der Waals surface area contributed by atoms with Gasteiger partial charge in [0.25, 0.3) is 0 Å². The first-order valence-corrected chi connectivity index (χ1v) is 5.03. The van der Waals surface area contributed by atoms with Crippen LogP contribution in [0.25, 0.3) is 0 Å². The van der Waals surface area contributed by atoms with E-state index < -0.39 is 0 Å². The first-order valence-electron chi connectivity index (χ1n) is 5.03. The van der Waals surface area contributed by atoms with E-state index in [2.05, 4.69) is 5.32 Å². The lowest BCUT2D eigenvalue weighted by atomic mass is 10.2. The fourth-order valence-corrected chi connectivity index (χ4v) is 1.11. The van der Waals surface area contributed by atoms with Gasteiger partial charge in [-0.3, -0.25) is 4.79 Å². The van der Waals surface area contributed by atoms with E-state index >= 15 is 0 Å². The van der Waals surface area contributed by atoms with E-state index in [9.17, 15) is 4.79 Å². The number of hydrogen-bond acceptors (Lipinski definition) is 3. The van der Waals surface area contributed by atoms with Gasteiger partial charge in [-0.05, 0) is 32.0 Å². The maximum Gasteiger partial charge on any atom is 0.250 e. The van der Waals surface area contributed by atoms with Crippen molar-refractivity contribution < 1.29 is 9.53 Å². The molecular weight excluding hydrogens is 204 g/mol. The second-order valence-electron chi connectivity index (χ2n) is 3.60. The molecule has 0 radical (unpaired) electrons. The highest BCUT2D eigenvalue weighted by molar-refractivity contribution is 5.91. The molecule has 0 aliphatic rings. The summed E-state index contributed by atoms with van der Waals surface area (Å²) in [6.45, 7) is 3.75. The van der Waals surface area contributed by atoms with Gasteiger partial charge < -0.3 is 10.1 Å². The van der Waals surface area contributed by atoms with Crippen molar-refractivity contribution in [2.75, 3.05) is 11.9 Å². The number of nitrogens with zero attached hydrogens (tertiary/aromatic N) is 1.